The average molecular weight is 300 g/mol. The van der Waals surface area contributed by atoms with E-state index in [-0.39, 0.29) is 24.7 Å². The van der Waals surface area contributed by atoms with Crippen molar-refractivity contribution in [2.24, 2.45) is 5.41 Å². The minimum atomic E-state index is -1.02. The molecule has 7 heteroatoms. The topological polar surface area (TPSA) is 94.5 Å². The third-order valence-electron chi connectivity index (χ3n) is 3.47. The number of methoxy groups -OCH3 is 2. The normalized spacial score (nSPS) is 14.0. The van der Waals surface area contributed by atoms with Crippen LogP contribution >= 0.6 is 0 Å². The molecule has 7 nitrogen and oxygen atoms in total. The number of nitro groups is 1. The molecule has 0 saturated carbocycles. The minimum Gasteiger partial charge on any atom is -0.365 e. The summed E-state index contributed by atoms with van der Waals surface area (Å²) in [5, 5.41) is 11.4. The zero-order valence-corrected chi connectivity index (χ0v) is 12.7. The van der Waals surface area contributed by atoms with Crippen molar-refractivity contribution in [3.05, 3.63) is 34.1 Å². The summed E-state index contributed by atoms with van der Waals surface area (Å²) in [5.41, 5.74) is -0.426. The molecule has 0 bridgehead atoms. The summed E-state index contributed by atoms with van der Waals surface area (Å²) >= 11 is 0. The summed E-state index contributed by atoms with van der Waals surface area (Å²) in [6, 6.07) is 0.755. The highest BCUT2D eigenvalue weighted by molar-refractivity contribution is 5.82. The van der Waals surface area contributed by atoms with E-state index in [4.69, 9.17) is 10.8 Å². The van der Waals surface area contributed by atoms with Gasteiger partial charge < -0.3 is 14.5 Å². The van der Waals surface area contributed by atoms with Gasteiger partial charge >= 0.3 is 0 Å². The molecule has 1 atom stereocenters. The lowest BCUT2D eigenvalue weighted by Crippen LogP contribution is -2.41. The number of rotatable bonds is 9. The summed E-state index contributed by atoms with van der Waals surface area (Å²) in [6.07, 6.45) is 0.547. The minimum absolute atomic E-state index is 0.0565. The van der Waals surface area contributed by atoms with Crippen LogP contribution in [0.4, 0.5) is 0 Å². The molecule has 1 N–H and O–H groups in total. The number of H-pyrrole nitrogens is 1. The fourth-order valence-electron chi connectivity index (χ4n) is 2.28. The molecular formula is C14H22N2O5. The standard InChI is InChI=1S/C14H22N2O5/c1-14(2,9-11(17)13(20-3)21-4)12(16(18)19)8-10-6-5-7-15-10/h5-7,12-13,15H,8-9H2,1-4H3/i6T. The van der Waals surface area contributed by atoms with E-state index in [0.717, 1.165) is 0 Å². The second-order valence-electron chi connectivity index (χ2n) is 5.54. The highest BCUT2D eigenvalue weighted by Gasteiger charge is 2.42. The second-order valence-corrected chi connectivity index (χ2v) is 5.54. The number of nitrogens with one attached hydrogen (secondary N) is 1. The number of hydrogen-bond donors (Lipinski definition) is 1. The van der Waals surface area contributed by atoms with Crippen LogP contribution in [-0.4, -0.2) is 42.2 Å². The van der Waals surface area contributed by atoms with Crippen molar-refractivity contribution in [2.75, 3.05) is 14.2 Å². The first-order chi connectivity index (χ1) is 10.2. The van der Waals surface area contributed by atoms with Gasteiger partial charge in [-0.15, -0.1) is 0 Å². The first-order valence-electron chi connectivity index (χ1n) is 7.07. The first-order valence-corrected chi connectivity index (χ1v) is 6.57. The Bertz CT molecular complexity index is 525. The number of carbonyl (C=O) groups is 1. The van der Waals surface area contributed by atoms with Crippen LogP contribution in [0.15, 0.2) is 18.3 Å². The predicted octanol–water partition coefficient (Wildman–Crippen LogP) is 1.81. The van der Waals surface area contributed by atoms with Gasteiger partial charge in [0.1, 0.15) is 0 Å². The predicted molar refractivity (Wildman–Crippen MR) is 76.5 cm³/mol. The van der Waals surface area contributed by atoms with Gasteiger partial charge in [-0.3, -0.25) is 14.9 Å². The number of hydrogen-bond acceptors (Lipinski definition) is 5. The number of nitrogens with zero attached hydrogens (tertiary/aromatic N) is 1. The summed E-state index contributed by atoms with van der Waals surface area (Å²) in [4.78, 5) is 26.0. The molecule has 1 rings (SSSR count). The zero-order chi connectivity index (χ0) is 16.9. The van der Waals surface area contributed by atoms with Gasteiger partial charge in [-0.2, -0.15) is 0 Å². The molecular weight excluding hydrogens is 276 g/mol. The monoisotopic (exact) mass is 300 g/mol. The number of aromatic nitrogens is 1. The highest BCUT2D eigenvalue weighted by atomic mass is 16.7. The fraction of sp³-hybridized carbons (Fsp3) is 0.643. The van der Waals surface area contributed by atoms with Crippen molar-refractivity contribution >= 4 is 5.78 Å². The van der Waals surface area contributed by atoms with Crippen molar-refractivity contribution in [3.8, 4) is 0 Å². The van der Waals surface area contributed by atoms with Crippen molar-refractivity contribution in [2.45, 2.75) is 39.0 Å². The van der Waals surface area contributed by atoms with Crippen molar-refractivity contribution in [1.82, 2.24) is 4.98 Å². The smallest absolute Gasteiger partial charge is 0.223 e. The van der Waals surface area contributed by atoms with Crippen LogP contribution in [0.2, 0.25) is 0 Å². The Morgan fingerprint density at radius 1 is 1.52 bits per heavy atom. The van der Waals surface area contributed by atoms with Crippen molar-refractivity contribution < 1.29 is 20.6 Å². The van der Waals surface area contributed by atoms with Gasteiger partial charge in [0.25, 0.3) is 0 Å². The van der Waals surface area contributed by atoms with Gasteiger partial charge in [-0.05, 0) is 12.1 Å². The fourth-order valence-corrected chi connectivity index (χ4v) is 2.28. The zero-order valence-electron chi connectivity index (χ0n) is 13.7. The molecule has 0 aliphatic heterocycles. The lowest BCUT2D eigenvalue weighted by molar-refractivity contribution is -0.540. The van der Waals surface area contributed by atoms with E-state index < -0.39 is 22.7 Å². The molecule has 0 aromatic carbocycles. The van der Waals surface area contributed by atoms with Crippen LogP contribution in [0.3, 0.4) is 0 Å². The molecule has 0 amide bonds. The number of carbonyl (C=O) groups excluding carboxylic acids is 1. The molecule has 0 aliphatic carbocycles. The summed E-state index contributed by atoms with van der Waals surface area (Å²) in [6.45, 7) is 3.32. The van der Waals surface area contributed by atoms with Crippen LogP contribution in [0.5, 0.6) is 0 Å². The molecule has 1 aromatic rings. The Hall–Kier alpha value is -1.73. The number of Topliss-reactive ketones (excluding diaryl/α,β-unsaturated/α-hetero) is 1. The third kappa shape index (κ3) is 4.64. The Morgan fingerprint density at radius 2 is 2.14 bits per heavy atom. The molecule has 0 saturated heterocycles. The molecule has 118 valence electrons. The Morgan fingerprint density at radius 3 is 2.57 bits per heavy atom. The molecule has 1 unspecified atom stereocenters. The van der Waals surface area contributed by atoms with Crippen LogP contribution in [-0.2, 0) is 20.7 Å². The van der Waals surface area contributed by atoms with Gasteiger partial charge in [0.15, 0.2) is 5.78 Å². The van der Waals surface area contributed by atoms with Crippen molar-refractivity contribution in [3.63, 3.8) is 0 Å². The SMILES string of the molecule is [3H]c1cc[nH]c1CC([N+](=O)[O-])C(C)(C)CC(=O)C(OC)OC. The molecule has 21 heavy (non-hydrogen) atoms. The maximum absolute atomic E-state index is 12.1. The van der Waals surface area contributed by atoms with E-state index in [1.165, 1.54) is 20.3 Å². The summed E-state index contributed by atoms with van der Waals surface area (Å²) < 4.78 is 17.5. The van der Waals surface area contributed by atoms with Gasteiger partial charge in [0, 0.05) is 42.9 Å². The lowest BCUT2D eigenvalue weighted by Gasteiger charge is -2.28. The summed E-state index contributed by atoms with van der Waals surface area (Å²) in [7, 11) is 2.69. The maximum Gasteiger partial charge on any atom is 0.223 e. The first kappa shape index (κ1) is 15.7. The van der Waals surface area contributed by atoms with E-state index in [0.29, 0.717) is 5.69 Å². The molecule has 0 radical (unpaired) electrons. The van der Waals surface area contributed by atoms with Gasteiger partial charge in [-0.1, -0.05) is 13.8 Å². The average Bonchev–Trinajstić information content (AvgIpc) is 2.81. The van der Waals surface area contributed by atoms with Crippen LogP contribution in [0.25, 0.3) is 0 Å². The summed E-state index contributed by atoms with van der Waals surface area (Å²) in [5.74, 6) is -0.348. The molecule has 0 aliphatic rings. The molecule has 0 fully saturated rings. The molecule has 1 heterocycles. The maximum atomic E-state index is 12.1. The van der Waals surface area contributed by atoms with E-state index in [1.807, 2.05) is 0 Å². The van der Waals surface area contributed by atoms with Crippen LogP contribution in [0.1, 0.15) is 27.3 Å². The quantitative estimate of drug-likeness (QED) is 0.426. The van der Waals surface area contributed by atoms with Crippen LogP contribution < -0.4 is 0 Å². The number of ketones is 1. The Balaban J connectivity index is 2.91. The number of aromatic amines is 1. The second kappa shape index (κ2) is 7.33. The Labute approximate surface area is 125 Å². The van der Waals surface area contributed by atoms with Crippen molar-refractivity contribution in [1.29, 1.82) is 0 Å². The van der Waals surface area contributed by atoms with E-state index in [9.17, 15) is 14.9 Å². The van der Waals surface area contributed by atoms with Crippen LogP contribution in [0, 0.1) is 15.5 Å². The Kier molecular flexibility index (Phi) is 5.46. The number of ether oxygens (including phenoxy) is 2. The van der Waals surface area contributed by atoms with Gasteiger partial charge in [0.2, 0.25) is 12.3 Å². The van der Waals surface area contributed by atoms with E-state index in [1.54, 1.807) is 20.0 Å². The largest absolute Gasteiger partial charge is 0.365 e. The molecule has 1 aromatic heterocycles. The van der Waals surface area contributed by atoms with E-state index in [2.05, 4.69) is 4.98 Å². The van der Waals surface area contributed by atoms with E-state index >= 15 is 0 Å². The van der Waals surface area contributed by atoms with Gasteiger partial charge in [0.05, 0.1) is 7.79 Å². The molecule has 0 spiro atoms. The third-order valence-corrected chi connectivity index (χ3v) is 3.47. The highest BCUT2D eigenvalue weighted by Crippen LogP contribution is 2.30. The lowest BCUT2D eigenvalue weighted by atomic mass is 9.78. The van der Waals surface area contributed by atoms with Gasteiger partial charge in [-0.25, -0.2) is 0 Å².